The van der Waals surface area contributed by atoms with Gasteiger partial charge in [0.2, 0.25) is 5.91 Å². The molecule has 1 aromatic carbocycles. The van der Waals surface area contributed by atoms with Crippen LogP contribution in [-0.4, -0.2) is 24.0 Å². The fourth-order valence-corrected chi connectivity index (χ4v) is 2.68. The van der Waals surface area contributed by atoms with Crippen LogP contribution in [-0.2, 0) is 4.79 Å². The van der Waals surface area contributed by atoms with E-state index in [1.165, 1.54) is 0 Å². The number of hydrogen-bond acceptors (Lipinski definition) is 3. The molecule has 20 heavy (non-hydrogen) atoms. The van der Waals surface area contributed by atoms with Gasteiger partial charge in [0.25, 0.3) is 0 Å². The van der Waals surface area contributed by atoms with Crippen LogP contribution in [0.15, 0.2) is 48.8 Å². The van der Waals surface area contributed by atoms with E-state index in [0.717, 1.165) is 16.9 Å². The van der Waals surface area contributed by atoms with Gasteiger partial charge in [0.15, 0.2) is 0 Å². The van der Waals surface area contributed by atoms with E-state index in [1.54, 1.807) is 12.4 Å². The molecule has 1 atom stereocenters. The summed E-state index contributed by atoms with van der Waals surface area (Å²) >= 11 is 0. The number of likely N-dealkylation sites (N-methyl/N-ethyl adjacent to an activating group) is 1. The highest BCUT2D eigenvalue weighted by Crippen LogP contribution is 2.33. The first kappa shape index (κ1) is 12.7. The maximum Gasteiger partial charge on any atom is 0.236 e. The summed E-state index contributed by atoms with van der Waals surface area (Å²) in [6.45, 7) is 3.31. The summed E-state index contributed by atoms with van der Waals surface area (Å²) in [7, 11) is 0. The van der Waals surface area contributed by atoms with E-state index in [2.05, 4.69) is 10.3 Å². The summed E-state index contributed by atoms with van der Waals surface area (Å²) in [5.41, 5.74) is 3.05. The van der Waals surface area contributed by atoms with Crippen LogP contribution in [0.3, 0.4) is 0 Å². The van der Waals surface area contributed by atoms with E-state index in [1.807, 2.05) is 48.2 Å². The number of nitrogens with zero attached hydrogens (tertiary/aromatic N) is 2. The molecule has 4 nitrogen and oxygen atoms in total. The van der Waals surface area contributed by atoms with E-state index in [4.69, 9.17) is 0 Å². The molecule has 1 aromatic heterocycles. The van der Waals surface area contributed by atoms with Crippen molar-refractivity contribution in [3.05, 3.63) is 54.4 Å². The Hall–Kier alpha value is -2.36. The Bertz CT molecular complexity index is 608. The van der Waals surface area contributed by atoms with Gasteiger partial charge in [0, 0.05) is 36.9 Å². The van der Waals surface area contributed by atoms with E-state index in [0.29, 0.717) is 13.1 Å². The van der Waals surface area contributed by atoms with Crippen molar-refractivity contribution in [3.8, 4) is 0 Å². The Morgan fingerprint density at radius 1 is 1.30 bits per heavy atom. The highest BCUT2D eigenvalue weighted by molar-refractivity contribution is 6.00. The predicted molar refractivity (Wildman–Crippen MR) is 79.9 cm³/mol. The number of fused-ring (bicyclic) bond motifs is 1. The third-order valence-corrected chi connectivity index (χ3v) is 3.69. The molecule has 1 aliphatic heterocycles. The van der Waals surface area contributed by atoms with Crippen molar-refractivity contribution in [2.75, 3.05) is 23.3 Å². The van der Waals surface area contributed by atoms with Crippen LogP contribution in [0, 0.1) is 0 Å². The van der Waals surface area contributed by atoms with Gasteiger partial charge in [-0.05, 0) is 30.7 Å². The summed E-state index contributed by atoms with van der Waals surface area (Å²) in [6, 6.07) is 11.8. The average Bonchev–Trinajstić information content (AvgIpc) is 2.93. The SMILES string of the molecule is CCN(C(=O)C1CNc2ccccc21)c1ccncc1. The Balaban J connectivity index is 1.89. The minimum absolute atomic E-state index is 0.112. The maximum absolute atomic E-state index is 12.8. The first-order valence-electron chi connectivity index (χ1n) is 6.85. The highest BCUT2D eigenvalue weighted by atomic mass is 16.2. The van der Waals surface area contributed by atoms with Gasteiger partial charge >= 0.3 is 0 Å². The van der Waals surface area contributed by atoms with Crippen LogP contribution in [0.25, 0.3) is 0 Å². The van der Waals surface area contributed by atoms with Crippen molar-refractivity contribution in [1.82, 2.24) is 4.98 Å². The molecule has 1 unspecified atom stereocenters. The molecule has 1 amide bonds. The first-order valence-corrected chi connectivity index (χ1v) is 6.85. The van der Waals surface area contributed by atoms with Gasteiger partial charge in [-0.15, -0.1) is 0 Å². The van der Waals surface area contributed by atoms with Crippen molar-refractivity contribution in [3.63, 3.8) is 0 Å². The molecule has 4 heteroatoms. The van der Waals surface area contributed by atoms with Crippen molar-refractivity contribution in [2.45, 2.75) is 12.8 Å². The second-order valence-corrected chi connectivity index (χ2v) is 4.81. The van der Waals surface area contributed by atoms with Gasteiger partial charge in [-0.25, -0.2) is 0 Å². The number of hydrogen-bond donors (Lipinski definition) is 1. The van der Waals surface area contributed by atoms with Gasteiger partial charge in [-0.1, -0.05) is 18.2 Å². The zero-order valence-electron chi connectivity index (χ0n) is 11.4. The largest absolute Gasteiger partial charge is 0.384 e. The maximum atomic E-state index is 12.8. The van der Waals surface area contributed by atoms with Crippen LogP contribution < -0.4 is 10.2 Å². The third kappa shape index (κ3) is 2.13. The molecule has 3 rings (SSSR count). The minimum atomic E-state index is -0.112. The molecule has 0 spiro atoms. The number of benzene rings is 1. The third-order valence-electron chi connectivity index (χ3n) is 3.69. The van der Waals surface area contributed by atoms with Gasteiger partial charge in [-0.3, -0.25) is 9.78 Å². The zero-order valence-corrected chi connectivity index (χ0v) is 11.4. The zero-order chi connectivity index (χ0) is 13.9. The number of para-hydroxylation sites is 1. The summed E-state index contributed by atoms with van der Waals surface area (Å²) in [4.78, 5) is 18.6. The number of carbonyl (C=O) groups excluding carboxylic acids is 1. The van der Waals surface area contributed by atoms with Crippen molar-refractivity contribution < 1.29 is 4.79 Å². The topological polar surface area (TPSA) is 45.2 Å². The summed E-state index contributed by atoms with van der Waals surface area (Å²) in [5, 5.41) is 3.30. The standard InChI is InChI=1S/C16H17N3O/c1-2-19(12-7-9-17-10-8-12)16(20)14-11-18-15-6-4-3-5-13(14)15/h3-10,14,18H,2,11H2,1H3. The van der Waals surface area contributed by atoms with E-state index < -0.39 is 0 Å². The minimum Gasteiger partial charge on any atom is -0.384 e. The molecule has 0 radical (unpaired) electrons. The van der Waals surface area contributed by atoms with E-state index >= 15 is 0 Å². The number of nitrogens with one attached hydrogen (secondary N) is 1. The van der Waals surface area contributed by atoms with Crippen molar-refractivity contribution in [2.24, 2.45) is 0 Å². The molecule has 1 N–H and O–H groups in total. The summed E-state index contributed by atoms with van der Waals surface area (Å²) in [6.07, 6.45) is 3.43. The molecule has 0 saturated heterocycles. The number of aromatic nitrogens is 1. The normalized spacial score (nSPS) is 16.4. The fraction of sp³-hybridized carbons (Fsp3) is 0.250. The smallest absolute Gasteiger partial charge is 0.236 e. The van der Waals surface area contributed by atoms with Gasteiger partial charge in [0.1, 0.15) is 0 Å². The summed E-state index contributed by atoms with van der Waals surface area (Å²) in [5.74, 6) is 0.0236. The van der Waals surface area contributed by atoms with Gasteiger partial charge < -0.3 is 10.2 Å². The molecule has 102 valence electrons. The first-order chi connectivity index (χ1) is 9.81. The molecule has 0 bridgehead atoms. The predicted octanol–water partition coefficient (Wildman–Crippen LogP) is 2.64. The Morgan fingerprint density at radius 2 is 2.05 bits per heavy atom. The highest BCUT2D eigenvalue weighted by Gasteiger charge is 2.31. The molecular formula is C16H17N3O. The van der Waals surface area contributed by atoms with E-state index in [-0.39, 0.29) is 11.8 Å². The number of rotatable bonds is 3. The summed E-state index contributed by atoms with van der Waals surface area (Å²) < 4.78 is 0. The molecule has 0 saturated carbocycles. The number of carbonyl (C=O) groups is 1. The number of anilines is 2. The van der Waals surface area contributed by atoms with Gasteiger partial charge in [0.05, 0.1) is 5.92 Å². The second-order valence-electron chi connectivity index (χ2n) is 4.81. The van der Waals surface area contributed by atoms with Crippen LogP contribution in [0.2, 0.25) is 0 Å². The van der Waals surface area contributed by atoms with Crippen molar-refractivity contribution in [1.29, 1.82) is 0 Å². The molecule has 0 fully saturated rings. The Kier molecular flexibility index (Phi) is 3.37. The number of pyridine rings is 1. The Morgan fingerprint density at radius 3 is 2.80 bits per heavy atom. The molecule has 0 aliphatic carbocycles. The average molecular weight is 267 g/mol. The fourth-order valence-electron chi connectivity index (χ4n) is 2.68. The lowest BCUT2D eigenvalue weighted by atomic mass is 9.99. The lowest BCUT2D eigenvalue weighted by Gasteiger charge is -2.24. The number of amides is 1. The van der Waals surface area contributed by atoms with Crippen LogP contribution in [0.4, 0.5) is 11.4 Å². The van der Waals surface area contributed by atoms with Crippen molar-refractivity contribution >= 4 is 17.3 Å². The monoisotopic (exact) mass is 267 g/mol. The van der Waals surface area contributed by atoms with Gasteiger partial charge in [-0.2, -0.15) is 0 Å². The molecule has 1 aliphatic rings. The Labute approximate surface area is 118 Å². The lowest BCUT2D eigenvalue weighted by molar-refractivity contribution is -0.119. The molecule has 2 aromatic rings. The lowest BCUT2D eigenvalue weighted by Crippen LogP contribution is -2.35. The van der Waals surface area contributed by atoms with Crippen LogP contribution in [0.1, 0.15) is 18.4 Å². The molecular weight excluding hydrogens is 250 g/mol. The quantitative estimate of drug-likeness (QED) is 0.930. The second kappa shape index (κ2) is 5.33. The van der Waals surface area contributed by atoms with Crippen LogP contribution in [0.5, 0.6) is 0 Å². The van der Waals surface area contributed by atoms with Crippen LogP contribution >= 0.6 is 0 Å². The van der Waals surface area contributed by atoms with E-state index in [9.17, 15) is 4.79 Å². The molecule has 2 heterocycles.